The number of pyridine rings is 1. The van der Waals surface area contributed by atoms with E-state index in [2.05, 4.69) is 57.9 Å². The number of amides is 5. The van der Waals surface area contributed by atoms with Crippen LogP contribution in [-0.4, -0.2) is 172 Å². The number of piperazine rings is 1. The number of H-pyrrole nitrogens is 1. The van der Waals surface area contributed by atoms with Gasteiger partial charge in [0.05, 0.1) is 59.1 Å². The Balaban J connectivity index is 0.636. The van der Waals surface area contributed by atoms with Gasteiger partial charge in [-0.1, -0.05) is 53.8 Å². The molecule has 4 saturated heterocycles. The van der Waals surface area contributed by atoms with Gasteiger partial charge in [-0.3, -0.25) is 49.2 Å². The molecule has 24 nitrogen and oxygen atoms in total. The molecule has 4 N–H and O–H groups in total. The quantitative estimate of drug-likeness (QED) is 0.0148. The van der Waals surface area contributed by atoms with Crippen LogP contribution in [0.3, 0.4) is 0 Å². The first-order chi connectivity index (χ1) is 45.1. The lowest BCUT2D eigenvalue weighted by molar-refractivity contribution is -0.384. The van der Waals surface area contributed by atoms with Crippen LogP contribution in [0, 0.1) is 33.8 Å². The van der Waals surface area contributed by atoms with Gasteiger partial charge < -0.3 is 43.8 Å². The van der Waals surface area contributed by atoms with E-state index < -0.39 is 61.1 Å². The van der Waals surface area contributed by atoms with Crippen LogP contribution in [0.5, 0.6) is 17.2 Å². The molecule has 4 fully saturated rings. The summed E-state index contributed by atoms with van der Waals surface area (Å²) in [6, 6.07) is 29.6. The second-order valence-electron chi connectivity index (χ2n) is 23.3. The van der Waals surface area contributed by atoms with Crippen molar-refractivity contribution in [2.75, 3.05) is 109 Å². The highest BCUT2D eigenvalue weighted by Crippen LogP contribution is 2.37. The van der Waals surface area contributed by atoms with Crippen LogP contribution in [0.15, 0.2) is 126 Å². The normalized spacial score (nSPS) is 17.4. The number of aromatic nitrogens is 2. The van der Waals surface area contributed by atoms with Crippen molar-refractivity contribution in [1.29, 1.82) is 0 Å². The molecule has 482 valence electrons. The molecule has 0 radical (unpaired) electrons. The van der Waals surface area contributed by atoms with Crippen molar-refractivity contribution >= 4 is 79.3 Å². The molecule has 5 aliphatic rings. The van der Waals surface area contributed by atoms with Crippen molar-refractivity contribution in [3.05, 3.63) is 165 Å². The van der Waals surface area contributed by atoms with Gasteiger partial charge in [0.2, 0.25) is 11.8 Å². The van der Waals surface area contributed by atoms with Gasteiger partial charge in [-0.2, -0.15) is 0 Å². The fourth-order valence-corrected chi connectivity index (χ4v) is 13.2. The van der Waals surface area contributed by atoms with Crippen LogP contribution >= 0.6 is 11.6 Å². The van der Waals surface area contributed by atoms with Crippen LogP contribution < -0.4 is 29.7 Å². The monoisotopic (exact) mass is 1300 g/mol. The molecule has 1 unspecified atom stereocenters. The summed E-state index contributed by atoms with van der Waals surface area (Å²) in [6.45, 7) is 8.95. The van der Waals surface area contributed by atoms with Gasteiger partial charge in [-0.25, -0.2) is 18.1 Å². The van der Waals surface area contributed by atoms with Crippen LogP contribution in [0.4, 0.5) is 17.1 Å². The number of benzene rings is 5. The number of hydrogen-bond donors (Lipinski definition) is 4. The van der Waals surface area contributed by atoms with E-state index in [-0.39, 0.29) is 53.5 Å². The number of ether oxygens (including phenoxy) is 5. The first-order valence-corrected chi connectivity index (χ1v) is 32.6. The van der Waals surface area contributed by atoms with Crippen molar-refractivity contribution in [1.82, 2.24) is 34.7 Å². The second-order valence-corrected chi connectivity index (χ2v) is 25.4. The van der Waals surface area contributed by atoms with Crippen molar-refractivity contribution in [2.45, 2.75) is 43.2 Å². The van der Waals surface area contributed by atoms with E-state index in [0.717, 1.165) is 77.0 Å². The number of carbonyl (C=O) groups is 5. The van der Waals surface area contributed by atoms with Crippen molar-refractivity contribution in [3.8, 4) is 40.2 Å². The maximum atomic E-state index is 14.1. The Bertz CT molecular complexity index is 4180. The molecule has 2 aromatic heterocycles. The summed E-state index contributed by atoms with van der Waals surface area (Å²) in [5.41, 5.74) is 4.72. The largest absolute Gasteiger partial charge is 0.493 e. The van der Waals surface area contributed by atoms with Crippen LogP contribution in [0.2, 0.25) is 5.02 Å². The highest BCUT2D eigenvalue weighted by molar-refractivity contribution is 7.90. The Morgan fingerprint density at radius 1 is 0.828 bits per heavy atom. The van der Waals surface area contributed by atoms with E-state index in [1.807, 2.05) is 42.5 Å². The van der Waals surface area contributed by atoms with Crippen LogP contribution in [-0.2, 0) is 40.4 Å². The lowest BCUT2D eigenvalue weighted by Gasteiger charge is -2.39. The summed E-state index contributed by atoms with van der Waals surface area (Å²) in [5.74, 6) is 4.23. The highest BCUT2D eigenvalue weighted by atomic mass is 35.5. The number of rotatable bonds is 24. The average molecular weight is 1300 g/mol. The van der Waals surface area contributed by atoms with Gasteiger partial charge in [-0.05, 0) is 103 Å². The molecule has 0 spiro atoms. The zero-order valence-electron chi connectivity index (χ0n) is 50.6. The Morgan fingerprint density at radius 2 is 1.61 bits per heavy atom. The number of anilines is 2. The van der Waals surface area contributed by atoms with Gasteiger partial charge in [0.1, 0.15) is 41.2 Å². The summed E-state index contributed by atoms with van der Waals surface area (Å²) < 4.78 is 59.9. The number of carbonyl (C=O) groups excluding carboxylic acids is 5. The van der Waals surface area contributed by atoms with Gasteiger partial charge in [-0.15, -0.1) is 0 Å². The number of aromatic amines is 1. The molecular weight excluding hydrogens is 1240 g/mol. The number of nitrogens with one attached hydrogen (secondary N) is 4. The maximum absolute atomic E-state index is 14.1. The van der Waals surface area contributed by atoms with E-state index in [1.54, 1.807) is 36.5 Å². The lowest BCUT2D eigenvalue weighted by atomic mass is 9.97. The molecule has 0 bridgehead atoms. The zero-order valence-corrected chi connectivity index (χ0v) is 52.2. The minimum Gasteiger partial charge on any atom is -0.493 e. The Hall–Kier alpha value is -9.26. The Morgan fingerprint density at radius 3 is 2.41 bits per heavy atom. The molecule has 5 aliphatic heterocycles. The van der Waals surface area contributed by atoms with Gasteiger partial charge >= 0.3 is 0 Å². The molecular formula is C67H67ClN10O14S. The molecule has 5 aromatic carbocycles. The number of nitro groups is 1. The third-order valence-electron chi connectivity index (χ3n) is 17.1. The minimum absolute atomic E-state index is 0.0316. The fourth-order valence-electron chi connectivity index (χ4n) is 12.1. The topological polar surface area (TPSA) is 287 Å². The predicted molar refractivity (Wildman–Crippen MR) is 344 cm³/mol. The lowest BCUT2D eigenvalue weighted by Crippen LogP contribution is -2.54. The standard InChI is InChI=1S/C67H67ClN10O14S/c68-48-11-9-45(10-12-48)52-6-2-8-59(91-42-44-39-75(40-44)27-31-90-33-32-88-28-3-5-46-4-1-7-54-62(46)67(83)77(66(54)82)57-17-18-61(79)72-65(57)81)55(52)41-74-23-25-76(26-24-74)49-13-15-53(60(35-49)92-50-34-47-19-22-69-63(47)71-38-50)64(80)73-93(86,87)51-14-16-56(58(36-51)78(84)85)70-37-43-20-29-89-30-21-43/h1-2,4,6-16,19,22,34-36,38,43-44,57,70H,17-18,20-21,23-33,37,39-42H2,(H,69,71)(H,73,80)(H,72,79,81). The number of imide groups is 2. The Labute approximate surface area is 541 Å². The summed E-state index contributed by atoms with van der Waals surface area (Å²) in [7, 11) is -4.63. The third-order valence-corrected chi connectivity index (χ3v) is 18.7. The van der Waals surface area contributed by atoms with E-state index >= 15 is 0 Å². The molecule has 7 heterocycles. The number of nitrogens with zero attached hydrogens (tertiary/aromatic N) is 6. The molecule has 1 atom stereocenters. The molecule has 5 amide bonds. The number of likely N-dealkylation sites (tertiary alicyclic amines) is 1. The summed E-state index contributed by atoms with van der Waals surface area (Å²) in [6.07, 6.45) is 4.93. The number of sulfonamides is 1. The predicted octanol–water partition coefficient (Wildman–Crippen LogP) is 7.66. The van der Waals surface area contributed by atoms with Crippen molar-refractivity contribution < 1.29 is 61.0 Å². The number of halogens is 1. The summed E-state index contributed by atoms with van der Waals surface area (Å²) >= 11 is 6.36. The average Bonchev–Trinajstić information content (AvgIpc) is 1.64. The summed E-state index contributed by atoms with van der Waals surface area (Å²) in [5, 5.41) is 18.9. The van der Waals surface area contributed by atoms with Crippen molar-refractivity contribution in [2.24, 2.45) is 11.8 Å². The molecule has 26 heteroatoms. The second kappa shape index (κ2) is 28.7. The van der Waals surface area contributed by atoms with Gasteiger partial charge in [0.25, 0.3) is 33.4 Å². The third kappa shape index (κ3) is 15.0. The first-order valence-electron chi connectivity index (χ1n) is 30.7. The number of nitro benzene ring substituents is 1. The number of fused-ring (bicyclic) bond motifs is 2. The van der Waals surface area contributed by atoms with E-state index in [9.17, 15) is 42.5 Å². The molecule has 7 aromatic rings. The van der Waals surface area contributed by atoms with E-state index in [4.69, 9.17) is 35.3 Å². The molecule has 0 saturated carbocycles. The number of hydrogen-bond acceptors (Lipinski definition) is 19. The molecule has 0 aliphatic carbocycles. The fraction of sp³-hybridized carbons (Fsp3) is 0.343. The smallest absolute Gasteiger partial charge is 0.293 e. The minimum atomic E-state index is -4.63. The molecule has 12 rings (SSSR count). The summed E-state index contributed by atoms with van der Waals surface area (Å²) in [4.78, 5) is 91.2. The van der Waals surface area contributed by atoms with Crippen LogP contribution in [0.1, 0.15) is 67.9 Å². The van der Waals surface area contributed by atoms with E-state index in [0.29, 0.717) is 107 Å². The maximum Gasteiger partial charge on any atom is 0.293 e. The first kappa shape index (κ1) is 63.9. The van der Waals surface area contributed by atoms with Crippen LogP contribution in [0.25, 0.3) is 22.2 Å². The van der Waals surface area contributed by atoms with Gasteiger partial charge in [0.15, 0.2) is 0 Å². The number of piperidine rings is 1. The molecule has 93 heavy (non-hydrogen) atoms. The van der Waals surface area contributed by atoms with Crippen molar-refractivity contribution in [3.63, 3.8) is 0 Å². The van der Waals surface area contributed by atoms with Gasteiger partial charge in [0, 0.05) is 130 Å². The van der Waals surface area contributed by atoms with E-state index in [1.165, 1.54) is 30.5 Å². The highest BCUT2D eigenvalue weighted by Gasteiger charge is 2.45. The SMILES string of the molecule is O=C1CCC(N2C(=O)c3cccc(C#CCOCCOCCN4CC(COc5cccc(-c6ccc(Cl)cc6)c5CN5CCN(c6ccc(C(=O)NS(=O)(=O)c7ccc(NCC8CCOCC8)c([N+](=O)[O-])c7)c(Oc7cnc8[nH]ccc8c7)c6)CC5)C4)c3C2=O)C(=O)N1. The zero-order chi connectivity index (χ0) is 64.6. The Kier molecular flexibility index (Phi) is 19.7.